The van der Waals surface area contributed by atoms with E-state index in [-0.39, 0.29) is 24.7 Å². The van der Waals surface area contributed by atoms with Crippen LogP contribution >= 0.6 is 0 Å². The SMILES string of the molecule is COC(=O)c1cc2c(nc(COS(C)(=O)=O)n2C)c2c1OCO2. The van der Waals surface area contributed by atoms with E-state index in [0.717, 1.165) is 6.26 Å². The first-order valence-electron chi connectivity index (χ1n) is 6.52. The largest absolute Gasteiger partial charge is 0.465 e. The first-order chi connectivity index (χ1) is 10.8. The Morgan fingerprint density at radius 2 is 2.09 bits per heavy atom. The Balaban J connectivity index is 2.15. The van der Waals surface area contributed by atoms with E-state index in [1.54, 1.807) is 17.7 Å². The molecule has 0 N–H and O–H groups in total. The van der Waals surface area contributed by atoms with Gasteiger partial charge in [-0.1, -0.05) is 0 Å². The highest BCUT2D eigenvalue weighted by atomic mass is 32.2. The number of carbonyl (C=O) groups is 1. The van der Waals surface area contributed by atoms with E-state index in [2.05, 4.69) is 4.98 Å². The predicted octanol–water partition coefficient (Wildman–Crippen LogP) is 0.565. The molecule has 0 spiro atoms. The maximum atomic E-state index is 11.9. The summed E-state index contributed by atoms with van der Waals surface area (Å²) in [5, 5.41) is 0. The summed E-state index contributed by atoms with van der Waals surface area (Å²) in [6, 6.07) is 1.56. The Morgan fingerprint density at radius 1 is 1.39 bits per heavy atom. The molecule has 1 aromatic heterocycles. The number of benzene rings is 1. The van der Waals surface area contributed by atoms with Crippen molar-refractivity contribution in [1.82, 2.24) is 9.55 Å². The molecule has 9 nitrogen and oxygen atoms in total. The number of ether oxygens (including phenoxy) is 3. The smallest absolute Gasteiger partial charge is 0.341 e. The topological polar surface area (TPSA) is 106 Å². The van der Waals surface area contributed by atoms with Gasteiger partial charge in [0, 0.05) is 7.05 Å². The first-order valence-corrected chi connectivity index (χ1v) is 8.34. The number of carbonyl (C=O) groups excluding carboxylic acids is 1. The minimum absolute atomic E-state index is 0.0375. The number of aromatic nitrogens is 2. The van der Waals surface area contributed by atoms with Crippen LogP contribution in [-0.2, 0) is 32.7 Å². The van der Waals surface area contributed by atoms with Crippen molar-refractivity contribution in [3.63, 3.8) is 0 Å². The van der Waals surface area contributed by atoms with Crippen LogP contribution in [0.3, 0.4) is 0 Å². The standard InChI is InChI=1S/C13H14N2O7S/c1-15-8-4-7(13(16)19-2)11-12(21-6-20-11)10(8)14-9(15)5-22-23(3,17)18/h4H,5-6H2,1-3H3. The molecule has 0 amide bonds. The molecule has 23 heavy (non-hydrogen) atoms. The van der Waals surface area contributed by atoms with Crippen LogP contribution in [0.15, 0.2) is 6.07 Å². The monoisotopic (exact) mass is 342 g/mol. The number of rotatable bonds is 4. The van der Waals surface area contributed by atoms with Gasteiger partial charge in [-0.25, -0.2) is 9.78 Å². The minimum Gasteiger partial charge on any atom is -0.465 e. The molecule has 0 saturated heterocycles. The zero-order valence-corrected chi connectivity index (χ0v) is 13.5. The van der Waals surface area contributed by atoms with Gasteiger partial charge in [0.1, 0.15) is 23.5 Å². The molecule has 2 heterocycles. The van der Waals surface area contributed by atoms with Gasteiger partial charge in [0.15, 0.2) is 11.5 Å². The molecule has 0 atom stereocenters. The molecule has 10 heteroatoms. The van der Waals surface area contributed by atoms with Gasteiger partial charge >= 0.3 is 5.97 Å². The molecule has 0 bridgehead atoms. The number of hydrogen-bond acceptors (Lipinski definition) is 8. The van der Waals surface area contributed by atoms with Gasteiger partial charge in [-0.15, -0.1) is 0 Å². The molecular formula is C13H14N2O7S. The van der Waals surface area contributed by atoms with Crippen LogP contribution in [0.5, 0.6) is 11.5 Å². The summed E-state index contributed by atoms with van der Waals surface area (Å²) >= 11 is 0. The van der Waals surface area contributed by atoms with Crippen molar-refractivity contribution in [3.8, 4) is 11.5 Å². The van der Waals surface area contributed by atoms with E-state index >= 15 is 0 Å². The maximum Gasteiger partial charge on any atom is 0.341 e. The van der Waals surface area contributed by atoms with Crippen LogP contribution < -0.4 is 9.47 Å². The van der Waals surface area contributed by atoms with Crippen molar-refractivity contribution in [3.05, 3.63) is 17.5 Å². The Kier molecular flexibility index (Phi) is 3.65. The average Bonchev–Trinajstić information content (AvgIpc) is 3.08. The van der Waals surface area contributed by atoms with Gasteiger partial charge in [-0.2, -0.15) is 8.42 Å². The Labute approximate surface area is 131 Å². The summed E-state index contributed by atoms with van der Waals surface area (Å²) in [6.45, 7) is -0.266. The number of hydrogen-bond donors (Lipinski definition) is 0. The fraction of sp³-hybridized carbons (Fsp3) is 0.385. The van der Waals surface area contributed by atoms with Crippen molar-refractivity contribution in [2.45, 2.75) is 6.61 Å². The lowest BCUT2D eigenvalue weighted by Crippen LogP contribution is -2.07. The zero-order chi connectivity index (χ0) is 16.8. The molecule has 0 aliphatic carbocycles. The normalized spacial score (nSPS) is 13.5. The van der Waals surface area contributed by atoms with Crippen LogP contribution in [0.1, 0.15) is 16.2 Å². The number of fused-ring (bicyclic) bond motifs is 3. The molecular weight excluding hydrogens is 328 g/mol. The summed E-state index contributed by atoms with van der Waals surface area (Å²) in [4.78, 5) is 16.2. The molecule has 1 aliphatic heterocycles. The highest BCUT2D eigenvalue weighted by Crippen LogP contribution is 2.42. The molecule has 2 aromatic rings. The predicted molar refractivity (Wildman–Crippen MR) is 77.8 cm³/mol. The molecule has 0 fully saturated rings. The van der Waals surface area contributed by atoms with E-state index in [0.29, 0.717) is 22.6 Å². The fourth-order valence-electron chi connectivity index (χ4n) is 2.30. The molecule has 0 saturated carbocycles. The van der Waals surface area contributed by atoms with Crippen LogP contribution in [0, 0.1) is 0 Å². The molecule has 0 unspecified atom stereocenters. The maximum absolute atomic E-state index is 11.9. The highest BCUT2D eigenvalue weighted by Gasteiger charge is 2.29. The summed E-state index contributed by atoms with van der Waals surface area (Å²) in [5.41, 5.74) is 1.24. The molecule has 3 rings (SSSR count). The van der Waals surface area contributed by atoms with E-state index in [4.69, 9.17) is 18.4 Å². The number of aryl methyl sites for hydroxylation is 1. The van der Waals surface area contributed by atoms with E-state index in [1.165, 1.54) is 7.11 Å². The van der Waals surface area contributed by atoms with Crippen LogP contribution in [0.25, 0.3) is 11.0 Å². The third-order valence-corrected chi connectivity index (χ3v) is 3.94. The second kappa shape index (κ2) is 5.39. The minimum atomic E-state index is -3.60. The number of imidazole rings is 1. The number of methoxy groups -OCH3 is 1. The summed E-state index contributed by atoms with van der Waals surface area (Å²) in [7, 11) is -0.650. The van der Waals surface area contributed by atoms with Gasteiger partial charge in [0.2, 0.25) is 6.79 Å². The second-order valence-corrected chi connectivity index (χ2v) is 6.55. The third-order valence-electron chi connectivity index (χ3n) is 3.39. The van der Waals surface area contributed by atoms with Crippen molar-refractivity contribution in [1.29, 1.82) is 0 Å². The van der Waals surface area contributed by atoms with Crippen LogP contribution in [-0.4, -0.2) is 44.1 Å². The summed E-state index contributed by atoms with van der Waals surface area (Å²) < 4.78 is 44.1. The summed E-state index contributed by atoms with van der Waals surface area (Å²) in [5.74, 6) is 0.385. The molecule has 0 radical (unpaired) electrons. The molecule has 1 aliphatic rings. The van der Waals surface area contributed by atoms with E-state index in [1.807, 2.05) is 0 Å². The number of esters is 1. The molecule has 124 valence electrons. The molecule has 1 aromatic carbocycles. The second-order valence-electron chi connectivity index (χ2n) is 4.90. The van der Waals surface area contributed by atoms with Crippen molar-refractivity contribution >= 4 is 27.1 Å². The van der Waals surface area contributed by atoms with Gasteiger partial charge < -0.3 is 18.8 Å². The van der Waals surface area contributed by atoms with Crippen molar-refractivity contribution in [2.75, 3.05) is 20.2 Å². The van der Waals surface area contributed by atoms with Crippen LogP contribution in [0.4, 0.5) is 0 Å². The summed E-state index contributed by atoms with van der Waals surface area (Å²) in [6.07, 6.45) is 0.958. The van der Waals surface area contributed by atoms with Crippen LogP contribution in [0.2, 0.25) is 0 Å². The van der Waals surface area contributed by atoms with E-state index < -0.39 is 16.1 Å². The van der Waals surface area contributed by atoms with E-state index in [9.17, 15) is 13.2 Å². The van der Waals surface area contributed by atoms with Gasteiger partial charge in [0.25, 0.3) is 10.1 Å². The lowest BCUT2D eigenvalue weighted by Gasteiger charge is -2.06. The third kappa shape index (κ3) is 2.70. The number of nitrogens with zero attached hydrogens (tertiary/aromatic N) is 2. The Morgan fingerprint density at radius 3 is 2.74 bits per heavy atom. The lowest BCUT2D eigenvalue weighted by atomic mass is 10.1. The highest BCUT2D eigenvalue weighted by molar-refractivity contribution is 7.85. The fourth-order valence-corrected chi connectivity index (χ4v) is 2.62. The van der Waals surface area contributed by atoms with Gasteiger partial charge in [-0.3, -0.25) is 4.18 Å². The van der Waals surface area contributed by atoms with Crippen molar-refractivity contribution < 1.29 is 31.6 Å². The first kappa shape index (κ1) is 15.6. The Hall–Kier alpha value is -2.33. The zero-order valence-electron chi connectivity index (χ0n) is 12.7. The van der Waals surface area contributed by atoms with Gasteiger partial charge in [0.05, 0.1) is 18.9 Å². The average molecular weight is 342 g/mol. The van der Waals surface area contributed by atoms with Gasteiger partial charge in [-0.05, 0) is 6.07 Å². The Bertz CT molecular complexity index is 901. The lowest BCUT2D eigenvalue weighted by molar-refractivity contribution is 0.0596. The quantitative estimate of drug-likeness (QED) is 0.586. The van der Waals surface area contributed by atoms with Crippen molar-refractivity contribution in [2.24, 2.45) is 7.05 Å².